The molecule has 3 aromatic rings. The number of aromatic nitrogens is 4. The fourth-order valence-electron chi connectivity index (χ4n) is 2.85. The molecular weight excluding hydrogens is 294 g/mol. The first-order chi connectivity index (χ1) is 11.3. The second-order valence-electron chi connectivity index (χ2n) is 5.65. The first kappa shape index (κ1) is 14.0. The van der Waals surface area contributed by atoms with E-state index in [1.54, 1.807) is 0 Å². The molecule has 1 aliphatic rings. The summed E-state index contributed by atoms with van der Waals surface area (Å²) in [7, 11) is 0. The molecule has 0 bridgehead atoms. The van der Waals surface area contributed by atoms with E-state index in [4.69, 9.17) is 4.74 Å². The van der Waals surface area contributed by atoms with Gasteiger partial charge in [0, 0.05) is 11.9 Å². The van der Waals surface area contributed by atoms with Crippen LogP contribution in [0.5, 0.6) is 5.88 Å². The van der Waals surface area contributed by atoms with Crippen molar-refractivity contribution in [2.75, 3.05) is 13.1 Å². The minimum absolute atomic E-state index is 0.105. The molecule has 1 aliphatic heterocycles. The molecular formula is C16H17N5O2. The van der Waals surface area contributed by atoms with Crippen LogP contribution >= 0.6 is 0 Å². The fraction of sp³-hybridized carbons (Fsp3) is 0.312. The van der Waals surface area contributed by atoms with Gasteiger partial charge in [-0.2, -0.15) is 5.10 Å². The monoisotopic (exact) mass is 311 g/mol. The minimum Gasteiger partial charge on any atom is -0.473 e. The SMILES string of the molecule is O=c1[nH]nc(-c2cc3ccccc3c(O[C@H]3CCCNC3)n2)[nH]1. The summed E-state index contributed by atoms with van der Waals surface area (Å²) in [5.41, 5.74) is 0.231. The fourth-order valence-corrected chi connectivity index (χ4v) is 2.85. The Hall–Kier alpha value is -2.67. The molecule has 2 aromatic heterocycles. The Labute approximate surface area is 132 Å². The lowest BCUT2D eigenvalue weighted by atomic mass is 10.1. The summed E-state index contributed by atoms with van der Waals surface area (Å²) in [5.74, 6) is 0.989. The highest BCUT2D eigenvalue weighted by atomic mass is 16.5. The summed E-state index contributed by atoms with van der Waals surface area (Å²) in [5, 5.41) is 11.6. The maximum Gasteiger partial charge on any atom is 0.340 e. The number of piperidine rings is 1. The van der Waals surface area contributed by atoms with E-state index in [9.17, 15) is 4.79 Å². The zero-order valence-electron chi connectivity index (χ0n) is 12.5. The van der Waals surface area contributed by atoms with E-state index in [-0.39, 0.29) is 11.8 Å². The Morgan fingerprint density at radius 2 is 2.17 bits per heavy atom. The van der Waals surface area contributed by atoms with Gasteiger partial charge in [-0.05, 0) is 36.9 Å². The molecule has 7 heteroatoms. The first-order valence-electron chi connectivity index (χ1n) is 7.72. The minimum atomic E-state index is -0.353. The smallest absolute Gasteiger partial charge is 0.340 e. The summed E-state index contributed by atoms with van der Waals surface area (Å²) in [6.07, 6.45) is 2.20. The molecule has 7 nitrogen and oxygen atoms in total. The zero-order chi connectivity index (χ0) is 15.6. The maximum atomic E-state index is 11.3. The van der Waals surface area contributed by atoms with Gasteiger partial charge < -0.3 is 10.1 Å². The van der Waals surface area contributed by atoms with Crippen LogP contribution < -0.4 is 15.7 Å². The van der Waals surface area contributed by atoms with Gasteiger partial charge in [-0.3, -0.25) is 4.98 Å². The Kier molecular flexibility index (Phi) is 3.55. The number of benzene rings is 1. The second kappa shape index (κ2) is 5.85. The number of ether oxygens (including phenoxy) is 1. The van der Waals surface area contributed by atoms with Gasteiger partial charge >= 0.3 is 5.69 Å². The molecule has 0 aliphatic carbocycles. The zero-order valence-corrected chi connectivity index (χ0v) is 12.5. The maximum absolute atomic E-state index is 11.3. The number of nitrogens with one attached hydrogen (secondary N) is 3. The second-order valence-corrected chi connectivity index (χ2v) is 5.65. The van der Waals surface area contributed by atoms with Crippen molar-refractivity contribution in [1.82, 2.24) is 25.5 Å². The van der Waals surface area contributed by atoms with Gasteiger partial charge in [-0.15, -0.1) is 0 Å². The van der Waals surface area contributed by atoms with Crippen molar-refractivity contribution in [1.29, 1.82) is 0 Å². The molecule has 4 rings (SSSR count). The molecule has 0 radical (unpaired) electrons. The Balaban J connectivity index is 1.78. The number of fused-ring (bicyclic) bond motifs is 1. The van der Waals surface area contributed by atoms with E-state index < -0.39 is 0 Å². The van der Waals surface area contributed by atoms with Gasteiger partial charge in [0.05, 0.1) is 0 Å². The van der Waals surface area contributed by atoms with Crippen molar-refractivity contribution >= 4 is 10.8 Å². The summed E-state index contributed by atoms with van der Waals surface area (Å²) in [6.45, 7) is 1.85. The topological polar surface area (TPSA) is 95.7 Å². The van der Waals surface area contributed by atoms with E-state index in [2.05, 4.69) is 25.5 Å². The Morgan fingerprint density at radius 1 is 1.26 bits per heavy atom. The molecule has 3 N–H and O–H groups in total. The van der Waals surface area contributed by atoms with Crippen LogP contribution in [0.4, 0.5) is 0 Å². The van der Waals surface area contributed by atoms with Crippen molar-refractivity contribution in [3.63, 3.8) is 0 Å². The molecule has 1 atom stereocenters. The molecule has 0 unspecified atom stereocenters. The molecule has 118 valence electrons. The van der Waals surface area contributed by atoms with Crippen LogP contribution in [-0.2, 0) is 0 Å². The Morgan fingerprint density at radius 3 is 2.96 bits per heavy atom. The number of hydrogen-bond donors (Lipinski definition) is 3. The molecule has 1 saturated heterocycles. The third kappa shape index (κ3) is 2.83. The van der Waals surface area contributed by atoms with Gasteiger partial charge in [0.1, 0.15) is 11.8 Å². The van der Waals surface area contributed by atoms with Crippen LogP contribution in [0.15, 0.2) is 35.1 Å². The van der Waals surface area contributed by atoms with E-state index in [1.165, 1.54) is 0 Å². The largest absolute Gasteiger partial charge is 0.473 e. The van der Waals surface area contributed by atoms with Gasteiger partial charge in [-0.1, -0.05) is 18.2 Å². The van der Waals surface area contributed by atoms with Crippen molar-refractivity contribution in [3.05, 3.63) is 40.8 Å². The molecule has 0 amide bonds. The van der Waals surface area contributed by atoms with E-state index >= 15 is 0 Å². The van der Waals surface area contributed by atoms with Crippen LogP contribution in [-0.4, -0.2) is 39.4 Å². The van der Waals surface area contributed by atoms with E-state index in [0.29, 0.717) is 17.4 Å². The van der Waals surface area contributed by atoms with Gasteiger partial charge in [0.2, 0.25) is 5.88 Å². The standard InChI is InChI=1S/C16H17N5O2/c22-16-19-14(20-21-16)13-8-10-4-1-2-6-12(10)15(18-13)23-11-5-3-7-17-9-11/h1-2,4,6,8,11,17H,3,5,7,9H2,(H2,19,20,21,22)/t11-/m0/s1. The third-order valence-corrected chi connectivity index (χ3v) is 3.98. The summed E-state index contributed by atoms with van der Waals surface area (Å²) in [4.78, 5) is 18.5. The van der Waals surface area contributed by atoms with Crippen molar-refractivity contribution in [2.45, 2.75) is 18.9 Å². The summed E-state index contributed by atoms with van der Waals surface area (Å²) < 4.78 is 6.13. The van der Waals surface area contributed by atoms with Gasteiger partial charge in [-0.25, -0.2) is 14.9 Å². The number of H-pyrrole nitrogens is 2. The highest BCUT2D eigenvalue weighted by molar-refractivity contribution is 5.89. The van der Waals surface area contributed by atoms with Gasteiger partial charge in [0.25, 0.3) is 0 Å². The molecule has 1 fully saturated rings. The van der Waals surface area contributed by atoms with Crippen LogP contribution in [0.3, 0.4) is 0 Å². The van der Waals surface area contributed by atoms with Crippen molar-refractivity contribution in [3.8, 4) is 17.4 Å². The third-order valence-electron chi connectivity index (χ3n) is 3.98. The van der Waals surface area contributed by atoms with Crippen LogP contribution in [0.2, 0.25) is 0 Å². The lowest BCUT2D eigenvalue weighted by Gasteiger charge is -2.24. The average molecular weight is 311 g/mol. The molecule has 0 saturated carbocycles. The van der Waals surface area contributed by atoms with Crippen molar-refractivity contribution in [2.24, 2.45) is 0 Å². The molecule has 1 aromatic carbocycles. The van der Waals surface area contributed by atoms with Crippen molar-refractivity contribution < 1.29 is 4.74 Å². The van der Waals surface area contributed by atoms with E-state index in [0.717, 1.165) is 36.7 Å². The highest BCUT2D eigenvalue weighted by Crippen LogP contribution is 2.28. The molecule has 23 heavy (non-hydrogen) atoms. The lowest BCUT2D eigenvalue weighted by Crippen LogP contribution is -2.37. The van der Waals surface area contributed by atoms with Crippen LogP contribution in [0.1, 0.15) is 12.8 Å². The highest BCUT2D eigenvalue weighted by Gasteiger charge is 2.18. The summed E-state index contributed by atoms with van der Waals surface area (Å²) >= 11 is 0. The number of nitrogens with zero attached hydrogens (tertiary/aromatic N) is 2. The number of rotatable bonds is 3. The van der Waals surface area contributed by atoms with Gasteiger partial charge in [0.15, 0.2) is 5.82 Å². The lowest BCUT2D eigenvalue weighted by molar-refractivity contribution is 0.163. The molecule has 0 spiro atoms. The quantitative estimate of drug-likeness (QED) is 0.680. The van der Waals surface area contributed by atoms with Crippen LogP contribution in [0, 0.1) is 0 Å². The average Bonchev–Trinajstić information content (AvgIpc) is 3.02. The summed E-state index contributed by atoms with van der Waals surface area (Å²) in [6, 6.07) is 9.81. The van der Waals surface area contributed by atoms with E-state index in [1.807, 2.05) is 30.3 Å². The molecule has 3 heterocycles. The van der Waals surface area contributed by atoms with Crippen LogP contribution in [0.25, 0.3) is 22.3 Å². The predicted octanol–water partition coefficient (Wildman–Crippen LogP) is 1.44. The first-order valence-corrected chi connectivity index (χ1v) is 7.72. The number of pyridine rings is 1. The normalized spacial score (nSPS) is 18.2. The number of aromatic amines is 2. The Bertz CT molecular complexity index is 879. The number of hydrogen-bond acceptors (Lipinski definition) is 5. The predicted molar refractivity (Wildman–Crippen MR) is 86.5 cm³/mol.